The minimum absolute atomic E-state index is 0.0531. The van der Waals surface area contributed by atoms with Gasteiger partial charge in [0.05, 0.1) is 12.9 Å². The van der Waals surface area contributed by atoms with Crippen LogP contribution < -0.4 is 10.5 Å². The molecule has 2 aromatic heterocycles. The van der Waals surface area contributed by atoms with Crippen molar-refractivity contribution < 1.29 is 24.8 Å². The summed E-state index contributed by atoms with van der Waals surface area (Å²) >= 11 is 0. The van der Waals surface area contributed by atoms with Crippen molar-refractivity contribution in [3.05, 3.63) is 42.2 Å². The average Bonchev–Trinajstić information content (AvgIpc) is 3.23. The molecule has 4 atom stereocenters. The van der Waals surface area contributed by atoms with Gasteiger partial charge in [-0.3, -0.25) is 4.57 Å². The van der Waals surface area contributed by atoms with Gasteiger partial charge in [-0.2, -0.15) is 9.97 Å². The minimum atomic E-state index is -1.26. The molecule has 1 aliphatic heterocycles. The summed E-state index contributed by atoms with van der Waals surface area (Å²) in [5.41, 5.74) is 7.51. The maximum atomic E-state index is 10.2. The molecule has 1 aliphatic rings. The van der Waals surface area contributed by atoms with Gasteiger partial charge in [0.2, 0.25) is 0 Å². The van der Waals surface area contributed by atoms with Crippen molar-refractivity contribution in [2.75, 3.05) is 12.3 Å². The van der Waals surface area contributed by atoms with E-state index in [2.05, 4.69) is 15.0 Å². The second-order valence-electron chi connectivity index (χ2n) is 6.22. The number of nitrogens with two attached hydrogens (primary N) is 1. The average molecular weight is 373 g/mol. The second kappa shape index (κ2) is 7.08. The predicted octanol–water partition coefficient (Wildman–Crippen LogP) is -0.401. The van der Waals surface area contributed by atoms with Gasteiger partial charge < -0.3 is 30.5 Å². The number of aromatic nitrogens is 4. The van der Waals surface area contributed by atoms with E-state index in [-0.39, 0.29) is 18.4 Å². The van der Waals surface area contributed by atoms with Crippen LogP contribution in [0.2, 0.25) is 0 Å². The molecule has 0 spiro atoms. The van der Waals surface area contributed by atoms with Crippen LogP contribution in [0.5, 0.6) is 6.01 Å². The topological polar surface area (TPSA) is 149 Å². The Hall–Kier alpha value is -2.79. The van der Waals surface area contributed by atoms with Crippen LogP contribution in [0.15, 0.2) is 36.7 Å². The van der Waals surface area contributed by atoms with Gasteiger partial charge in [0.1, 0.15) is 24.9 Å². The summed E-state index contributed by atoms with van der Waals surface area (Å²) < 4.78 is 12.6. The third-order valence-corrected chi connectivity index (χ3v) is 4.43. The van der Waals surface area contributed by atoms with Crippen LogP contribution in [0.25, 0.3) is 11.2 Å². The van der Waals surface area contributed by atoms with Crippen molar-refractivity contribution in [1.29, 1.82) is 0 Å². The summed E-state index contributed by atoms with van der Waals surface area (Å²) in [5.74, 6) is 0.119. The number of aliphatic hydroxyl groups excluding tert-OH is 3. The molecule has 5 N–H and O–H groups in total. The minimum Gasteiger partial charge on any atom is -0.458 e. The van der Waals surface area contributed by atoms with Gasteiger partial charge >= 0.3 is 6.01 Å². The first kappa shape index (κ1) is 17.6. The van der Waals surface area contributed by atoms with Crippen molar-refractivity contribution in [2.45, 2.75) is 31.1 Å². The fourth-order valence-electron chi connectivity index (χ4n) is 3.00. The van der Waals surface area contributed by atoms with Crippen molar-refractivity contribution >= 4 is 17.0 Å². The van der Waals surface area contributed by atoms with Gasteiger partial charge in [0.25, 0.3) is 0 Å². The summed E-state index contributed by atoms with van der Waals surface area (Å²) in [5, 5.41) is 29.5. The molecule has 1 fully saturated rings. The highest BCUT2D eigenvalue weighted by atomic mass is 16.6. The number of aliphatic hydroxyl groups is 3. The van der Waals surface area contributed by atoms with E-state index in [1.807, 2.05) is 30.3 Å². The molecule has 3 aromatic rings. The molecular weight excluding hydrogens is 354 g/mol. The first-order valence-corrected chi connectivity index (χ1v) is 8.37. The van der Waals surface area contributed by atoms with Gasteiger partial charge in [-0.1, -0.05) is 30.3 Å². The summed E-state index contributed by atoms with van der Waals surface area (Å²) in [6, 6.07) is 9.57. The second-order valence-corrected chi connectivity index (χ2v) is 6.22. The van der Waals surface area contributed by atoms with Gasteiger partial charge in [-0.25, -0.2) is 4.98 Å². The third kappa shape index (κ3) is 3.19. The highest BCUT2D eigenvalue weighted by Crippen LogP contribution is 2.32. The van der Waals surface area contributed by atoms with Crippen LogP contribution in [-0.4, -0.2) is 59.8 Å². The van der Waals surface area contributed by atoms with Crippen molar-refractivity contribution in [3.63, 3.8) is 0 Å². The zero-order chi connectivity index (χ0) is 19.0. The summed E-state index contributed by atoms with van der Waals surface area (Å²) in [4.78, 5) is 12.6. The SMILES string of the molecule is Nc1nc(OCc2ccccc2)nc2c1ncn2[C@@H]1O[C@H](CO)C(O)C1O. The summed E-state index contributed by atoms with van der Waals surface area (Å²) in [7, 11) is 0. The van der Waals surface area contributed by atoms with E-state index < -0.39 is 31.1 Å². The predicted molar refractivity (Wildman–Crippen MR) is 93.5 cm³/mol. The van der Waals surface area contributed by atoms with E-state index in [1.165, 1.54) is 10.9 Å². The first-order chi connectivity index (χ1) is 13.1. The van der Waals surface area contributed by atoms with Crippen molar-refractivity contribution in [3.8, 4) is 6.01 Å². The number of anilines is 1. The first-order valence-electron chi connectivity index (χ1n) is 8.37. The number of nitrogen functional groups attached to an aromatic ring is 1. The van der Waals surface area contributed by atoms with Crippen molar-refractivity contribution in [1.82, 2.24) is 19.5 Å². The number of rotatable bonds is 5. The van der Waals surface area contributed by atoms with E-state index in [0.29, 0.717) is 11.2 Å². The number of hydrogen-bond acceptors (Lipinski definition) is 9. The molecule has 4 rings (SSSR count). The lowest BCUT2D eigenvalue weighted by molar-refractivity contribution is -0.0511. The lowest BCUT2D eigenvalue weighted by atomic mass is 10.1. The molecule has 3 heterocycles. The maximum absolute atomic E-state index is 10.2. The van der Waals surface area contributed by atoms with E-state index in [0.717, 1.165) is 5.56 Å². The molecular formula is C17H19N5O5. The largest absolute Gasteiger partial charge is 0.458 e. The molecule has 27 heavy (non-hydrogen) atoms. The van der Waals surface area contributed by atoms with Crippen molar-refractivity contribution in [2.24, 2.45) is 0 Å². The molecule has 0 saturated carbocycles. The lowest BCUT2D eigenvalue weighted by Gasteiger charge is -2.16. The van der Waals surface area contributed by atoms with Crippen LogP contribution in [0.4, 0.5) is 5.82 Å². The molecule has 1 aromatic carbocycles. The Labute approximate surface area is 153 Å². The maximum Gasteiger partial charge on any atom is 0.320 e. The normalized spacial score (nSPS) is 25.1. The Morgan fingerprint density at radius 2 is 1.93 bits per heavy atom. The highest BCUT2D eigenvalue weighted by molar-refractivity contribution is 5.82. The van der Waals surface area contributed by atoms with Crippen LogP contribution >= 0.6 is 0 Å². The Bertz CT molecular complexity index is 934. The number of ether oxygens (including phenoxy) is 2. The van der Waals surface area contributed by atoms with Crippen LogP contribution in [0.1, 0.15) is 11.8 Å². The van der Waals surface area contributed by atoms with Gasteiger partial charge in [-0.05, 0) is 5.56 Å². The molecule has 10 nitrogen and oxygen atoms in total. The zero-order valence-electron chi connectivity index (χ0n) is 14.2. The van der Waals surface area contributed by atoms with E-state index in [1.54, 1.807) is 0 Å². The summed E-state index contributed by atoms with van der Waals surface area (Å²) in [6.45, 7) is -0.169. The Morgan fingerprint density at radius 1 is 1.15 bits per heavy atom. The number of fused-ring (bicyclic) bond motifs is 1. The third-order valence-electron chi connectivity index (χ3n) is 4.43. The Balaban J connectivity index is 1.64. The van der Waals surface area contributed by atoms with Crippen LogP contribution in [-0.2, 0) is 11.3 Å². The molecule has 0 radical (unpaired) electrons. The Kier molecular flexibility index (Phi) is 4.62. The number of imidazole rings is 1. The highest BCUT2D eigenvalue weighted by Gasteiger charge is 2.44. The molecule has 0 aliphatic carbocycles. The molecule has 10 heteroatoms. The van der Waals surface area contributed by atoms with Gasteiger partial charge in [-0.15, -0.1) is 0 Å². The lowest BCUT2D eigenvalue weighted by Crippen LogP contribution is -2.33. The molecule has 2 unspecified atom stereocenters. The number of benzene rings is 1. The van der Waals surface area contributed by atoms with E-state index >= 15 is 0 Å². The van der Waals surface area contributed by atoms with E-state index in [9.17, 15) is 15.3 Å². The quantitative estimate of drug-likeness (QED) is 0.468. The molecule has 0 bridgehead atoms. The Morgan fingerprint density at radius 3 is 2.63 bits per heavy atom. The molecule has 142 valence electrons. The molecule has 1 saturated heterocycles. The van der Waals surface area contributed by atoms with Crippen LogP contribution in [0, 0.1) is 0 Å². The fraction of sp³-hybridized carbons (Fsp3) is 0.353. The van der Waals surface area contributed by atoms with Gasteiger partial charge in [0.15, 0.2) is 23.2 Å². The summed E-state index contributed by atoms with van der Waals surface area (Å²) in [6.07, 6.45) is -2.99. The van der Waals surface area contributed by atoms with Gasteiger partial charge in [0, 0.05) is 0 Å². The number of hydrogen-bond donors (Lipinski definition) is 4. The smallest absolute Gasteiger partial charge is 0.320 e. The standard InChI is InChI=1S/C17H19N5O5/c18-14-11-15(21-17(20-14)26-7-9-4-2-1-3-5-9)22(8-19-11)16-13(25)12(24)10(6-23)27-16/h1-5,8,10,12-13,16,23-25H,6-7H2,(H2,18,20,21)/t10-,12?,13?,16-/m1/s1. The monoisotopic (exact) mass is 373 g/mol. The fourth-order valence-corrected chi connectivity index (χ4v) is 3.00. The zero-order valence-corrected chi connectivity index (χ0v) is 14.2. The molecule has 0 amide bonds. The number of nitrogens with zero attached hydrogens (tertiary/aromatic N) is 4. The van der Waals surface area contributed by atoms with Crippen LogP contribution in [0.3, 0.4) is 0 Å². The van der Waals surface area contributed by atoms with E-state index in [4.69, 9.17) is 15.2 Å².